The summed E-state index contributed by atoms with van der Waals surface area (Å²) in [5.74, 6) is -0.587. The van der Waals surface area contributed by atoms with E-state index in [1.54, 1.807) is 44.2 Å². The number of fused-ring (bicyclic) bond motifs is 1. The minimum Gasteiger partial charge on any atom is -0.463 e. The van der Waals surface area contributed by atoms with Gasteiger partial charge in [0.05, 0.1) is 28.5 Å². The van der Waals surface area contributed by atoms with Crippen molar-refractivity contribution in [3.05, 3.63) is 103 Å². The molecule has 0 fully saturated rings. The summed E-state index contributed by atoms with van der Waals surface area (Å²) in [6.07, 6.45) is 5.49. The summed E-state index contributed by atoms with van der Waals surface area (Å²) in [4.78, 5) is 42.7. The molecule has 0 saturated carbocycles. The number of thiazole rings is 1. The number of rotatable bonds is 6. The number of carbonyl (C=O) groups excluding carboxylic acids is 2. The average molecular weight is 489 g/mol. The molecule has 0 spiro atoms. The summed E-state index contributed by atoms with van der Waals surface area (Å²) in [6.45, 7) is 4.98. The number of aromatic nitrogens is 1. The van der Waals surface area contributed by atoms with Crippen molar-refractivity contribution in [2.45, 2.75) is 26.8 Å². The molecule has 0 radical (unpaired) electrons. The molecule has 3 aromatic rings. The van der Waals surface area contributed by atoms with Gasteiger partial charge in [-0.1, -0.05) is 66.0 Å². The molecule has 0 unspecified atom stereocenters. The first kappa shape index (κ1) is 24.1. The molecule has 0 saturated heterocycles. The van der Waals surface area contributed by atoms with Crippen LogP contribution in [0, 0.1) is 0 Å². The van der Waals surface area contributed by atoms with Gasteiger partial charge in [0.1, 0.15) is 5.75 Å². The maximum Gasteiger partial charge on any atom is 0.338 e. The third-order valence-corrected chi connectivity index (χ3v) is 6.31. The fourth-order valence-electron chi connectivity index (χ4n) is 3.82. The lowest BCUT2D eigenvalue weighted by molar-refractivity contribution is -0.139. The SMILES string of the molecule is CCOC(=O)C1=C(C)N=c2s/c(=C/C=C/c3ccccc3)c(=O)n2[C@@H]1c1ccc(OC(C)=O)cc1. The van der Waals surface area contributed by atoms with E-state index in [-0.39, 0.29) is 12.2 Å². The Morgan fingerprint density at radius 3 is 2.49 bits per heavy atom. The van der Waals surface area contributed by atoms with Gasteiger partial charge in [-0.25, -0.2) is 9.79 Å². The lowest BCUT2D eigenvalue weighted by atomic mass is 9.96. The second kappa shape index (κ2) is 10.5. The summed E-state index contributed by atoms with van der Waals surface area (Å²) in [5.41, 5.74) is 2.22. The minimum absolute atomic E-state index is 0.197. The maximum absolute atomic E-state index is 13.5. The van der Waals surface area contributed by atoms with Gasteiger partial charge in [-0.05, 0) is 43.2 Å². The molecule has 2 aromatic carbocycles. The van der Waals surface area contributed by atoms with Gasteiger partial charge >= 0.3 is 11.9 Å². The molecule has 0 N–H and O–H groups in total. The van der Waals surface area contributed by atoms with Gasteiger partial charge in [0.2, 0.25) is 0 Å². The van der Waals surface area contributed by atoms with Crippen molar-refractivity contribution < 1.29 is 19.1 Å². The van der Waals surface area contributed by atoms with E-state index in [1.807, 2.05) is 42.5 Å². The number of hydrogen-bond donors (Lipinski definition) is 0. The molecule has 4 rings (SSSR count). The lowest BCUT2D eigenvalue weighted by Gasteiger charge is -2.24. The van der Waals surface area contributed by atoms with E-state index >= 15 is 0 Å². The van der Waals surface area contributed by atoms with Gasteiger partial charge in [-0.2, -0.15) is 0 Å². The lowest BCUT2D eigenvalue weighted by Crippen LogP contribution is -2.39. The average Bonchev–Trinajstić information content (AvgIpc) is 3.14. The van der Waals surface area contributed by atoms with Crippen LogP contribution in [0.4, 0.5) is 0 Å². The molecular formula is C27H24N2O5S. The Morgan fingerprint density at radius 1 is 1.11 bits per heavy atom. The van der Waals surface area contributed by atoms with Gasteiger partial charge in [0.25, 0.3) is 5.56 Å². The molecule has 1 atom stereocenters. The van der Waals surface area contributed by atoms with Crippen LogP contribution in [0.2, 0.25) is 0 Å². The third-order valence-electron chi connectivity index (χ3n) is 5.31. The van der Waals surface area contributed by atoms with Crippen molar-refractivity contribution in [2.75, 3.05) is 6.61 Å². The van der Waals surface area contributed by atoms with E-state index in [1.165, 1.54) is 22.8 Å². The molecular weight excluding hydrogens is 464 g/mol. The maximum atomic E-state index is 13.5. The van der Waals surface area contributed by atoms with Crippen LogP contribution in [0.25, 0.3) is 12.2 Å². The summed E-state index contributed by atoms with van der Waals surface area (Å²) in [7, 11) is 0. The van der Waals surface area contributed by atoms with E-state index < -0.39 is 18.0 Å². The Hall–Kier alpha value is -4.04. The molecule has 0 aliphatic carbocycles. The van der Waals surface area contributed by atoms with E-state index in [0.717, 1.165) is 5.56 Å². The van der Waals surface area contributed by atoms with E-state index in [0.29, 0.717) is 31.9 Å². The fraction of sp³-hybridized carbons (Fsp3) is 0.185. The zero-order valence-electron chi connectivity index (χ0n) is 19.6. The van der Waals surface area contributed by atoms with E-state index in [2.05, 4.69) is 4.99 Å². The summed E-state index contributed by atoms with van der Waals surface area (Å²) in [6, 6.07) is 15.8. The normalized spacial score (nSPS) is 15.6. The largest absolute Gasteiger partial charge is 0.463 e. The van der Waals surface area contributed by atoms with Crippen molar-refractivity contribution in [3.63, 3.8) is 0 Å². The zero-order valence-corrected chi connectivity index (χ0v) is 20.4. The van der Waals surface area contributed by atoms with Gasteiger partial charge in [0.15, 0.2) is 4.80 Å². The Balaban J connectivity index is 1.83. The first-order valence-corrected chi connectivity index (χ1v) is 11.9. The topological polar surface area (TPSA) is 87.0 Å². The van der Waals surface area contributed by atoms with E-state index in [9.17, 15) is 14.4 Å². The van der Waals surface area contributed by atoms with E-state index in [4.69, 9.17) is 9.47 Å². The highest BCUT2D eigenvalue weighted by molar-refractivity contribution is 7.07. The number of allylic oxidation sites excluding steroid dienone is 2. The number of benzene rings is 2. The van der Waals surface area contributed by atoms with Gasteiger partial charge < -0.3 is 9.47 Å². The van der Waals surface area contributed by atoms with Crippen LogP contribution < -0.4 is 19.6 Å². The van der Waals surface area contributed by atoms with Crippen LogP contribution in [0.5, 0.6) is 5.75 Å². The smallest absolute Gasteiger partial charge is 0.338 e. The first-order chi connectivity index (χ1) is 16.9. The predicted molar refractivity (Wildman–Crippen MR) is 135 cm³/mol. The second-order valence-corrected chi connectivity index (χ2v) is 8.77. The molecule has 0 amide bonds. The molecule has 1 aromatic heterocycles. The first-order valence-electron chi connectivity index (χ1n) is 11.1. The molecule has 35 heavy (non-hydrogen) atoms. The highest BCUT2D eigenvalue weighted by Crippen LogP contribution is 2.31. The number of carbonyl (C=O) groups is 2. The Labute approximate surface area is 206 Å². The molecule has 0 bridgehead atoms. The van der Waals surface area contributed by atoms with Crippen LogP contribution >= 0.6 is 11.3 Å². The van der Waals surface area contributed by atoms with Gasteiger partial charge in [0, 0.05) is 6.92 Å². The second-order valence-electron chi connectivity index (χ2n) is 7.76. The predicted octanol–water partition coefficient (Wildman–Crippen LogP) is 3.39. The molecule has 7 nitrogen and oxygen atoms in total. The Kier molecular flexibility index (Phi) is 7.22. The van der Waals surface area contributed by atoms with Crippen molar-refractivity contribution in [2.24, 2.45) is 4.99 Å². The van der Waals surface area contributed by atoms with Crippen LogP contribution in [0.1, 0.15) is 37.9 Å². The highest BCUT2D eigenvalue weighted by Gasteiger charge is 2.33. The third kappa shape index (κ3) is 5.22. The minimum atomic E-state index is -0.725. The van der Waals surface area contributed by atoms with Gasteiger partial charge in [-0.3, -0.25) is 14.2 Å². The number of hydrogen-bond acceptors (Lipinski definition) is 7. The molecule has 1 aliphatic heterocycles. The zero-order chi connectivity index (χ0) is 24.9. The Bertz CT molecular complexity index is 1500. The summed E-state index contributed by atoms with van der Waals surface area (Å²) >= 11 is 1.26. The molecule has 178 valence electrons. The number of ether oxygens (including phenoxy) is 2. The quantitative estimate of drug-likeness (QED) is 0.392. The van der Waals surface area contributed by atoms with Crippen molar-refractivity contribution >= 4 is 35.4 Å². The van der Waals surface area contributed by atoms with Crippen LogP contribution in [-0.2, 0) is 14.3 Å². The van der Waals surface area contributed by atoms with Crippen molar-refractivity contribution in [1.29, 1.82) is 0 Å². The summed E-state index contributed by atoms with van der Waals surface area (Å²) in [5, 5.41) is 0. The van der Waals surface area contributed by atoms with Gasteiger partial charge in [-0.15, -0.1) is 0 Å². The fourth-order valence-corrected chi connectivity index (χ4v) is 4.81. The van der Waals surface area contributed by atoms with Crippen LogP contribution in [-0.4, -0.2) is 23.1 Å². The highest BCUT2D eigenvalue weighted by atomic mass is 32.1. The summed E-state index contributed by atoms with van der Waals surface area (Å²) < 4.78 is 12.4. The molecule has 2 heterocycles. The number of esters is 2. The standard InChI is InChI=1S/C27H24N2O5S/c1-4-33-26(32)23-17(2)28-27-29(24(23)20-13-15-21(16-14-20)34-18(3)30)25(31)22(35-27)12-8-11-19-9-6-5-7-10-19/h5-16,24H,4H2,1-3H3/b11-8+,22-12+/t24-/m1/s1. The van der Waals surface area contributed by atoms with Crippen molar-refractivity contribution in [1.82, 2.24) is 4.57 Å². The molecule has 1 aliphatic rings. The molecule has 8 heteroatoms. The monoisotopic (exact) mass is 488 g/mol. The van der Waals surface area contributed by atoms with Crippen molar-refractivity contribution in [3.8, 4) is 5.75 Å². The number of nitrogens with zero attached hydrogens (tertiary/aromatic N) is 2. The van der Waals surface area contributed by atoms with Crippen LogP contribution in [0.3, 0.4) is 0 Å². The Morgan fingerprint density at radius 2 is 1.83 bits per heavy atom. The van der Waals surface area contributed by atoms with Crippen LogP contribution in [0.15, 0.2) is 81.7 Å².